The van der Waals surface area contributed by atoms with Gasteiger partial charge in [0.2, 0.25) is 0 Å². The maximum absolute atomic E-state index is 6.82. The molecule has 0 aliphatic carbocycles. The number of ether oxygens (including phenoxy) is 2. The second kappa shape index (κ2) is 13.9. The minimum atomic E-state index is 0.482. The molecular weight excluding hydrogens is 516 g/mol. The van der Waals surface area contributed by atoms with E-state index in [9.17, 15) is 0 Å². The highest BCUT2D eigenvalue weighted by atomic mass is 35.5. The third kappa shape index (κ3) is 7.02. The summed E-state index contributed by atoms with van der Waals surface area (Å²) in [5.41, 5.74) is 8.45. The van der Waals surface area contributed by atoms with Gasteiger partial charge in [0.15, 0.2) is 0 Å². The Morgan fingerprint density at radius 3 is 2.10 bits per heavy atom. The Morgan fingerprint density at radius 2 is 1.32 bits per heavy atom. The molecule has 0 saturated carbocycles. The van der Waals surface area contributed by atoms with E-state index >= 15 is 0 Å². The fourth-order valence-electron chi connectivity index (χ4n) is 6.17. The molecule has 40 heavy (non-hydrogen) atoms. The van der Waals surface area contributed by atoms with Crippen LogP contribution in [-0.2, 0) is 13.2 Å². The summed E-state index contributed by atoms with van der Waals surface area (Å²) in [6.45, 7) is 14.6. The fourth-order valence-corrected chi connectivity index (χ4v) is 6.41. The maximum Gasteiger partial charge on any atom is 0.138 e. The Bertz CT molecular complexity index is 1280. The van der Waals surface area contributed by atoms with Crippen LogP contribution in [0.3, 0.4) is 0 Å². The third-order valence-electron chi connectivity index (χ3n) is 8.78. The van der Waals surface area contributed by atoms with E-state index in [0.717, 1.165) is 48.2 Å². The van der Waals surface area contributed by atoms with Gasteiger partial charge in [-0.1, -0.05) is 54.4 Å². The highest BCUT2D eigenvalue weighted by molar-refractivity contribution is 6.32. The van der Waals surface area contributed by atoms with E-state index in [4.69, 9.17) is 21.1 Å². The van der Waals surface area contributed by atoms with Gasteiger partial charge in [-0.05, 0) is 130 Å². The van der Waals surface area contributed by atoms with E-state index in [0.29, 0.717) is 6.61 Å². The molecule has 0 N–H and O–H groups in total. The Balaban J connectivity index is 1.24. The molecule has 0 unspecified atom stereocenters. The lowest BCUT2D eigenvalue weighted by molar-refractivity contribution is 0.220. The first-order valence-corrected chi connectivity index (χ1v) is 15.6. The van der Waals surface area contributed by atoms with Crippen LogP contribution in [0.1, 0.15) is 66.3 Å². The van der Waals surface area contributed by atoms with Crippen molar-refractivity contribution >= 4 is 11.6 Å². The Morgan fingerprint density at radius 1 is 0.650 bits per heavy atom. The fraction of sp³-hybridized carbons (Fsp3) is 0.486. The lowest BCUT2D eigenvalue weighted by atomic mass is 9.93. The standard InChI is InChI=1S/C35H45ClN2O2/c1-26-30(25-40-34-17-16-29(27(2)35(34)36)24-38-20-5-4-6-21-38)12-9-13-31(26)32-14-10-15-33(28(32)3)39-23-11-22-37-18-7-8-19-37/h9-10,12-17H,4-8,11,18-25H2,1-3H3. The van der Waals surface area contributed by atoms with E-state index in [-0.39, 0.29) is 0 Å². The van der Waals surface area contributed by atoms with Crippen molar-refractivity contribution in [1.82, 2.24) is 9.80 Å². The van der Waals surface area contributed by atoms with Gasteiger partial charge in [-0.2, -0.15) is 0 Å². The van der Waals surface area contributed by atoms with E-state index in [2.05, 4.69) is 73.0 Å². The van der Waals surface area contributed by atoms with Crippen molar-refractivity contribution in [2.45, 2.75) is 72.4 Å². The number of halogens is 1. The summed E-state index contributed by atoms with van der Waals surface area (Å²) in [6, 6.07) is 17.1. The van der Waals surface area contributed by atoms with E-state index in [1.807, 2.05) is 6.07 Å². The molecule has 2 aliphatic rings. The number of benzene rings is 3. The molecule has 0 bridgehead atoms. The molecule has 5 heteroatoms. The third-order valence-corrected chi connectivity index (χ3v) is 9.25. The minimum absolute atomic E-state index is 0.482. The van der Waals surface area contributed by atoms with Crippen LogP contribution < -0.4 is 9.47 Å². The molecule has 0 radical (unpaired) electrons. The first-order valence-electron chi connectivity index (χ1n) is 15.2. The summed E-state index contributed by atoms with van der Waals surface area (Å²) in [5, 5.41) is 0.730. The molecule has 214 valence electrons. The van der Waals surface area contributed by atoms with Crippen LogP contribution in [0.2, 0.25) is 5.02 Å². The predicted octanol–water partition coefficient (Wildman–Crippen LogP) is 8.36. The number of hydrogen-bond donors (Lipinski definition) is 0. The van der Waals surface area contributed by atoms with E-state index in [1.54, 1.807) is 0 Å². The van der Waals surface area contributed by atoms with Gasteiger partial charge < -0.3 is 14.4 Å². The smallest absolute Gasteiger partial charge is 0.138 e. The molecule has 2 aliphatic heterocycles. The molecule has 3 aromatic rings. The quantitative estimate of drug-likeness (QED) is 0.220. The molecule has 0 amide bonds. The Kier molecular flexibility index (Phi) is 10.1. The minimum Gasteiger partial charge on any atom is -0.493 e. The van der Waals surface area contributed by atoms with Crippen molar-refractivity contribution in [3.8, 4) is 22.6 Å². The molecule has 2 heterocycles. The van der Waals surface area contributed by atoms with Crippen molar-refractivity contribution in [2.75, 3.05) is 39.3 Å². The number of likely N-dealkylation sites (tertiary alicyclic amines) is 2. The van der Waals surface area contributed by atoms with Crippen LogP contribution in [-0.4, -0.2) is 49.1 Å². The van der Waals surface area contributed by atoms with Gasteiger partial charge in [0.1, 0.15) is 18.1 Å². The highest BCUT2D eigenvalue weighted by Crippen LogP contribution is 2.35. The van der Waals surface area contributed by atoms with Gasteiger partial charge in [-0.25, -0.2) is 0 Å². The van der Waals surface area contributed by atoms with Crippen LogP contribution in [0.4, 0.5) is 0 Å². The SMILES string of the molecule is Cc1c(COc2ccc(CN3CCCCC3)c(C)c2Cl)cccc1-c1cccc(OCCCN2CCCC2)c1C. The topological polar surface area (TPSA) is 24.9 Å². The Hall–Kier alpha value is -2.53. The first-order chi connectivity index (χ1) is 19.5. The molecule has 2 fully saturated rings. The zero-order valence-corrected chi connectivity index (χ0v) is 25.4. The maximum atomic E-state index is 6.82. The van der Waals surface area contributed by atoms with Gasteiger partial charge in [0.05, 0.1) is 11.6 Å². The number of hydrogen-bond acceptors (Lipinski definition) is 4. The number of piperidine rings is 1. The molecule has 3 aromatic carbocycles. The van der Waals surface area contributed by atoms with E-state index in [1.165, 1.54) is 91.7 Å². The first kappa shape index (κ1) is 29.0. The van der Waals surface area contributed by atoms with Crippen LogP contribution in [0.25, 0.3) is 11.1 Å². The normalized spacial score (nSPS) is 16.4. The van der Waals surface area contributed by atoms with Gasteiger partial charge in [0, 0.05) is 13.1 Å². The van der Waals surface area contributed by atoms with Crippen LogP contribution in [0.5, 0.6) is 11.5 Å². The largest absolute Gasteiger partial charge is 0.493 e. The molecule has 5 rings (SSSR count). The van der Waals surface area contributed by atoms with Gasteiger partial charge in [-0.15, -0.1) is 0 Å². The second-order valence-corrected chi connectivity index (χ2v) is 11.9. The summed E-state index contributed by atoms with van der Waals surface area (Å²) in [4.78, 5) is 5.08. The zero-order valence-electron chi connectivity index (χ0n) is 24.6. The monoisotopic (exact) mass is 560 g/mol. The van der Waals surface area contributed by atoms with Crippen LogP contribution >= 0.6 is 11.6 Å². The molecule has 0 atom stereocenters. The molecule has 2 saturated heterocycles. The van der Waals surface area contributed by atoms with Gasteiger partial charge in [0.25, 0.3) is 0 Å². The summed E-state index contributed by atoms with van der Waals surface area (Å²) in [7, 11) is 0. The van der Waals surface area contributed by atoms with Gasteiger partial charge in [-0.3, -0.25) is 4.90 Å². The van der Waals surface area contributed by atoms with Crippen LogP contribution in [0.15, 0.2) is 48.5 Å². The molecule has 0 spiro atoms. The second-order valence-electron chi connectivity index (χ2n) is 11.6. The average Bonchev–Trinajstić information content (AvgIpc) is 3.49. The highest BCUT2D eigenvalue weighted by Gasteiger charge is 2.17. The lowest BCUT2D eigenvalue weighted by Gasteiger charge is -2.27. The Labute approximate surface area is 246 Å². The van der Waals surface area contributed by atoms with Gasteiger partial charge >= 0.3 is 0 Å². The molecular formula is C35H45ClN2O2. The van der Waals surface area contributed by atoms with Crippen molar-refractivity contribution in [2.24, 2.45) is 0 Å². The van der Waals surface area contributed by atoms with E-state index < -0.39 is 0 Å². The number of nitrogens with zero attached hydrogens (tertiary/aromatic N) is 2. The van der Waals surface area contributed by atoms with Crippen molar-refractivity contribution in [1.29, 1.82) is 0 Å². The molecule has 4 nitrogen and oxygen atoms in total. The lowest BCUT2D eigenvalue weighted by Crippen LogP contribution is -2.29. The van der Waals surface area contributed by atoms with Crippen LogP contribution in [0, 0.1) is 20.8 Å². The van der Waals surface area contributed by atoms with Crippen molar-refractivity contribution < 1.29 is 9.47 Å². The van der Waals surface area contributed by atoms with Crippen molar-refractivity contribution in [3.05, 3.63) is 81.4 Å². The summed E-state index contributed by atoms with van der Waals surface area (Å²) in [5.74, 6) is 1.73. The zero-order chi connectivity index (χ0) is 27.9. The summed E-state index contributed by atoms with van der Waals surface area (Å²) >= 11 is 6.82. The summed E-state index contributed by atoms with van der Waals surface area (Å²) in [6.07, 6.45) is 7.68. The van der Waals surface area contributed by atoms with Crippen molar-refractivity contribution in [3.63, 3.8) is 0 Å². The number of rotatable bonds is 11. The summed E-state index contributed by atoms with van der Waals surface area (Å²) < 4.78 is 12.6. The average molecular weight is 561 g/mol. The molecule has 0 aromatic heterocycles. The predicted molar refractivity (Wildman–Crippen MR) is 167 cm³/mol.